The topological polar surface area (TPSA) is 80.1 Å². The van der Waals surface area contributed by atoms with Crippen molar-refractivity contribution in [1.29, 1.82) is 0 Å². The molecule has 0 saturated heterocycles. The van der Waals surface area contributed by atoms with Crippen LogP contribution < -0.4 is 19.3 Å². The molecule has 1 N–H and O–H groups in total. The predicted molar refractivity (Wildman–Crippen MR) is 125 cm³/mol. The molecule has 2 atom stereocenters. The number of aromatic nitrogens is 2. The van der Waals surface area contributed by atoms with Crippen molar-refractivity contribution in [3.8, 4) is 22.6 Å². The lowest BCUT2D eigenvalue weighted by Gasteiger charge is -2.43. The molecule has 1 aliphatic heterocycles. The Morgan fingerprint density at radius 2 is 1.97 bits per heavy atom. The Morgan fingerprint density at radius 3 is 2.68 bits per heavy atom. The summed E-state index contributed by atoms with van der Waals surface area (Å²) in [6.07, 6.45) is 4.61. The number of aliphatic hydroxyl groups excluding tert-OH is 1. The van der Waals surface area contributed by atoms with Crippen molar-refractivity contribution < 1.29 is 23.8 Å². The van der Waals surface area contributed by atoms with Gasteiger partial charge in [-0.25, -0.2) is 4.39 Å². The highest BCUT2D eigenvalue weighted by Gasteiger charge is 2.35. The molecular formula is C25H27FN4O4. The van der Waals surface area contributed by atoms with Crippen molar-refractivity contribution in [3.05, 3.63) is 54.6 Å². The van der Waals surface area contributed by atoms with Gasteiger partial charge in [-0.2, -0.15) is 5.10 Å². The standard InChI is InChI=1S/C25H27FN4O4/c1-15-13-28(25(32)34-24-11-20(33-3)7-8-21(24)26)23-10-17(4-9-22(23)30(15)16(2)31)18-12-27-29(14-18)19-5-6-19/h4,7-12,14-15,19,25,32H,5-6,13H2,1-3H3/t15-,25?/m0/s1. The van der Waals surface area contributed by atoms with E-state index in [4.69, 9.17) is 9.47 Å². The molecule has 0 radical (unpaired) electrons. The minimum Gasteiger partial charge on any atom is -0.497 e. The molecule has 1 unspecified atom stereocenters. The highest BCUT2D eigenvalue weighted by atomic mass is 19.1. The molecule has 1 aliphatic carbocycles. The molecule has 2 aromatic carbocycles. The molecule has 9 heteroatoms. The zero-order valence-electron chi connectivity index (χ0n) is 19.3. The number of halogens is 1. The molecule has 8 nitrogen and oxygen atoms in total. The smallest absolute Gasteiger partial charge is 0.281 e. The van der Waals surface area contributed by atoms with E-state index in [1.165, 1.54) is 32.2 Å². The highest BCUT2D eigenvalue weighted by molar-refractivity contribution is 5.98. The van der Waals surface area contributed by atoms with Crippen LogP contribution in [0.4, 0.5) is 15.8 Å². The number of anilines is 2. The molecule has 2 aliphatic rings. The van der Waals surface area contributed by atoms with E-state index in [0.29, 0.717) is 29.7 Å². The number of ether oxygens (including phenoxy) is 2. The molecule has 1 fully saturated rings. The van der Waals surface area contributed by atoms with Crippen LogP contribution in [0.3, 0.4) is 0 Å². The lowest BCUT2D eigenvalue weighted by Crippen LogP contribution is -2.54. The van der Waals surface area contributed by atoms with Gasteiger partial charge in [0.2, 0.25) is 5.91 Å². The summed E-state index contributed by atoms with van der Waals surface area (Å²) in [6, 6.07) is 10.0. The summed E-state index contributed by atoms with van der Waals surface area (Å²) in [5.41, 5.74) is 3.10. The van der Waals surface area contributed by atoms with Crippen LogP contribution in [0.15, 0.2) is 48.8 Å². The largest absolute Gasteiger partial charge is 0.497 e. The second-order valence-corrected chi connectivity index (χ2v) is 8.77. The van der Waals surface area contributed by atoms with Crippen LogP contribution in [0, 0.1) is 5.82 Å². The molecular weight excluding hydrogens is 439 g/mol. The Kier molecular flexibility index (Phi) is 5.65. The number of hydrogen-bond acceptors (Lipinski definition) is 6. The van der Waals surface area contributed by atoms with Crippen molar-refractivity contribution in [1.82, 2.24) is 9.78 Å². The van der Waals surface area contributed by atoms with Crippen LogP contribution in [0.5, 0.6) is 11.5 Å². The van der Waals surface area contributed by atoms with E-state index in [1.807, 2.05) is 42.2 Å². The first kappa shape index (κ1) is 22.2. The molecule has 0 bridgehead atoms. The molecule has 1 saturated carbocycles. The molecule has 1 amide bonds. The lowest BCUT2D eigenvalue weighted by atomic mass is 10.0. The van der Waals surface area contributed by atoms with E-state index >= 15 is 0 Å². The Labute approximate surface area is 197 Å². The van der Waals surface area contributed by atoms with Gasteiger partial charge >= 0.3 is 0 Å². The molecule has 1 aromatic heterocycles. The van der Waals surface area contributed by atoms with E-state index in [9.17, 15) is 14.3 Å². The van der Waals surface area contributed by atoms with Crippen LogP contribution in [-0.4, -0.2) is 46.9 Å². The maximum Gasteiger partial charge on any atom is 0.281 e. The number of benzene rings is 2. The Bertz CT molecular complexity index is 1230. The van der Waals surface area contributed by atoms with Gasteiger partial charge in [0.15, 0.2) is 11.6 Å². The van der Waals surface area contributed by atoms with Crippen LogP contribution in [0.1, 0.15) is 32.7 Å². The molecule has 0 spiro atoms. The Morgan fingerprint density at radius 1 is 1.18 bits per heavy atom. The third-order valence-electron chi connectivity index (χ3n) is 6.28. The van der Waals surface area contributed by atoms with Gasteiger partial charge in [0.05, 0.1) is 36.8 Å². The number of nitrogens with zero attached hydrogens (tertiary/aromatic N) is 4. The molecule has 34 heavy (non-hydrogen) atoms. The quantitative estimate of drug-likeness (QED) is 0.554. The van der Waals surface area contributed by atoms with Gasteiger partial charge in [0.1, 0.15) is 5.75 Å². The third kappa shape index (κ3) is 4.07. The van der Waals surface area contributed by atoms with Crippen molar-refractivity contribution in [2.24, 2.45) is 0 Å². The van der Waals surface area contributed by atoms with Crippen LogP contribution >= 0.6 is 0 Å². The fourth-order valence-corrected chi connectivity index (χ4v) is 4.43. The monoisotopic (exact) mass is 466 g/mol. The number of methoxy groups -OCH3 is 1. The Balaban J connectivity index is 1.51. The number of carbonyl (C=O) groups excluding carboxylic acids is 1. The highest BCUT2D eigenvalue weighted by Crippen LogP contribution is 2.41. The summed E-state index contributed by atoms with van der Waals surface area (Å²) in [6.45, 7) is 3.70. The van der Waals surface area contributed by atoms with E-state index in [-0.39, 0.29) is 17.7 Å². The second-order valence-electron chi connectivity index (χ2n) is 8.77. The van der Waals surface area contributed by atoms with Gasteiger partial charge in [-0.15, -0.1) is 0 Å². The fourth-order valence-electron chi connectivity index (χ4n) is 4.43. The molecule has 178 valence electrons. The number of amides is 1. The van der Waals surface area contributed by atoms with E-state index < -0.39 is 12.2 Å². The maximum absolute atomic E-state index is 14.4. The maximum atomic E-state index is 14.4. The number of fused-ring (bicyclic) bond motifs is 1. The average molecular weight is 467 g/mol. The SMILES string of the molecule is COc1ccc(F)c(OC(O)N2C[C@H](C)N(C(C)=O)c3ccc(-c4cnn(C5CC5)c4)cc32)c1. The van der Waals surface area contributed by atoms with E-state index in [0.717, 1.165) is 24.0 Å². The first-order valence-corrected chi connectivity index (χ1v) is 11.3. The van der Waals surface area contributed by atoms with Crippen LogP contribution in [0.25, 0.3) is 11.1 Å². The number of hydrogen-bond donors (Lipinski definition) is 1. The summed E-state index contributed by atoms with van der Waals surface area (Å²) in [5, 5.41) is 15.5. The number of rotatable bonds is 6. The number of aliphatic hydroxyl groups is 1. The van der Waals surface area contributed by atoms with Gasteiger partial charge in [-0.1, -0.05) is 6.07 Å². The fraction of sp³-hybridized carbons (Fsp3) is 0.360. The van der Waals surface area contributed by atoms with Crippen molar-refractivity contribution >= 4 is 17.3 Å². The van der Waals surface area contributed by atoms with Gasteiger partial charge in [0.25, 0.3) is 6.41 Å². The number of carbonyl (C=O) groups is 1. The molecule has 2 heterocycles. The Hall–Kier alpha value is -3.59. The molecule has 5 rings (SSSR count). The molecule has 3 aromatic rings. The van der Waals surface area contributed by atoms with Crippen molar-refractivity contribution in [3.63, 3.8) is 0 Å². The second kappa shape index (κ2) is 8.64. The minimum atomic E-state index is -1.48. The zero-order chi connectivity index (χ0) is 24.0. The normalized spacial score (nSPS) is 18.4. The summed E-state index contributed by atoms with van der Waals surface area (Å²) >= 11 is 0. The average Bonchev–Trinajstić information content (AvgIpc) is 3.55. The predicted octanol–water partition coefficient (Wildman–Crippen LogP) is 3.95. The lowest BCUT2D eigenvalue weighted by molar-refractivity contribution is -0.117. The third-order valence-corrected chi connectivity index (χ3v) is 6.28. The van der Waals surface area contributed by atoms with Crippen molar-refractivity contribution in [2.75, 3.05) is 23.5 Å². The minimum absolute atomic E-state index is 0.100. The summed E-state index contributed by atoms with van der Waals surface area (Å²) in [7, 11) is 1.47. The van der Waals surface area contributed by atoms with Gasteiger partial charge in [-0.3, -0.25) is 9.48 Å². The first-order valence-electron chi connectivity index (χ1n) is 11.3. The summed E-state index contributed by atoms with van der Waals surface area (Å²) < 4.78 is 27.1. The van der Waals surface area contributed by atoms with Crippen molar-refractivity contribution in [2.45, 2.75) is 45.2 Å². The van der Waals surface area contributed by atoms with Crippen LogP contribution in [0.2, 0.25) is 0 Å². The summed E-state index contributed by atoms with van der Waals surface area (Å²) in [5.74, 6) is -0.431. The zero-order valence-corrected chi connectivity index (χ0v) is 19.3. The van der Waals surface area contributed by atoms with Gasteiger partial charge < -0.3 is 24.4 Å². The summed E-state index contributed by atoms with van der Waals surface area (Å²) in [4.78, 5) is 15.8. The van der Waals surface area contributed by atoms with Crippen LogP contribution in [-0.2, 0) is 4.79 Å². The van der Waals surface area contributed by atoms with E-state index in [1.54, 1.807) is 9.80 Å². The van der Waals surface area contributed by atoms with Gasteiger partial charge in [0, 0.05) is 31.3 Å². The van der Waals surface area contributed by atoms with Gasteiger partial charge in [-0.05, 0) is 49.6 Å². The first-order chi connectivity index (χ1) is 16.4. The van der Waals surface area contributed by atoms with E-state index in [2.05, 4.69) is 5.10 Å².